The summed E-state index contributed by atoms with van der Waals surface area (Å²) in [5.41, 5.74) is 6.14. The summed E-state index contributed by atoms with van der Waals surface area (Å²) < 4.78 is 0. The molecule has 2 aliphatic rings. The van der Waals surface area contributed by atoms with Crippen molar-refractivity contribution in [3.8, 4) is 0 Å². The van der Waals surface area contributed by atoms with E-state index in [1.54, 1.807) is 0 Å². The van der Waals surface area contributed by atoms with Crippen molar-refractivity contribution >= 4 is 5.91 Å². The monoisotopic (exact) mass is 238 g/mol. The van der Waals surface area contributed by atoms with Crippen LogP contribution in [0.3, 0.4) is 0 Å². The molecular formula is C14H26N2O. The van der Waals surface area contributed by atoms with Gasteiger partial charge in [-0.05, 0) is 31.1 Å². The minimum absolute atomic E-state index is 0.177. The maximum absolute atomic E-state index is 12.6. The maximum Gasteiger partial charge on any atom is 0.226 e. The van der Waals surface area contributed by atoms with Crippen molar-refractivity contribution in [2.45, 2.75) is 58.4 Å². The third-order valence-corrected chi connectivity index (χ3v) is 4.57. The molecule has 2 rings (SSSR count). The minimum Gasteiger partial charge on any atom is -0.341 e. The molecule has 1 aliphatic heterocycles. The number of hydrogen-bond donors (Lipinski definition) is 1. The van der Waals surface area contributed by atoms with Gasteiger partial charge >= 0.3 is 0 Å². The van der Waals surface area contributed by atoms with E-state index in [0.717, 1.165) is 32.4 Å². The van der Waals surface area contributed by atoms with E-state index in [-0.39, 0.29) is 17.4 Å². The number of carbonyl (C=O) groups excluding carboxylic acids is 1. The van der Waals surface area contributed by atoms with Crippen LogP contribution in [0.2, 0.25) is 0 Å². The van der Waals surface area contributed by atoms with E-state index >= 15 is 0 Å². The Hall–Kier alpha value is -0.570. The van der Waals surface area contributed by atoms with E-state index in [2.05, 4.69) is 13.8 Å². The molecule has 2 fully saturated rings. The van der Waals surface area contributed by atoms with E-state index in [9.17, 15) is 4.79 Å². The topological polar surface area (TPSA) is 46.3 Å². The van der Waals surface area contributed by atoms with E-state index in [1.165, 1.54) is 19.3 Å². The van der Waals surface area contributed by atoms with Gasteiger partial charge in [0.2, 0.25) is 5.91 Å². The number of hydrogen-bond acceptors (Lipinski definition) is 2. The molecule has 17 heavy (non-hydrogen) atoms. The van der Waals surface area contributed by atoms with Gasteiger partial charge < -0.3 is 10.6 Å². The van der Waals surface area contributed by atoms with Crippen molar-refractivity contribution in [1.82, 2.24) is 4.90 Å². The lowest BCUT2D eigenvalue weighted by Gasteiger charge is -2.42. The van der Waals surface area contributed by atoms with Gasteiger partial charge in [0, 0.05) is 25.0 Å². The summed E-state index contributed by atoms with van der Waals surface area (Å²) in [5.74, 6) is 0.589. The van der Waals surface area contributed by atoms with Crippen molar-refractivity contribution < 1.29 is 4.79 Å². The maximum atomic E-state index is 12.6. The summed E-state index contributed by atoms with van der Waals surface area (Å²) in [6.45, 7) is 6.18. The molecule has 0 bridgehead atoms. The Kier molecular flexibility index (Phi) is 3.76. The third kappa shape index (κ3) is 2.82. The average Bonchev–Trinajstić information content (AvgIpc) is 2.27. The van der Waals surface area contributed by atoms with Gasteiger partial charge in [-0.2, -0.15) is 0 Å². The largest absolute Gasteiger partial charge is 0.341 e. The van der Waals surface area contributed by atoms with Crippen molar-refractivity contribution in [1.29, 1.82) is 0 Å². The molecule has 1 amide bonds. The normalized spacial score (nSPS) is 33.5. The van der Waals surface area contributed by atoms with Crippen LogP contribution in [0.15, 0.2) is 0 Å². The molecule has 3 nitrogen and oxygen atoms in total. The number of rotatable bonds is 1. The standard InChI is InChI=1S/C14H26N2O/c1-14(2)8-4-3-7-12(14)13(17)16-9-5-6-11(15)10-16/h11-12H,3-10,15H2,1-2H3/t11-,12?/m1/s1. The van der Waals surface area contributed by atoms with E-state index < -0.39 is 0 Å². The SMILES string of the molecule is CC1(C)CCCCC1C(=O)N1CCC[C@@H](N)C1. The van der Waals surface area contributed by atoms with E-state index in [4.69, 9.17) is 5.73 Å². The summed E-state index contributed by atoms with van der Waals surface area (Å²) in [7, 11) is 0. The van der Waals surface area contributed by atoms with Crippen molar-refractivity contribution in [2.75, 3.05) is 13.1 Å². The number of nitrogens with zero attached hydrogens (tertiary/aromatic N) is 1. The van der Waals surface area contributed by atoms with Crippen LogP contribution in [0, 0.1) is 11.3 Å². The molecule has 1 saturated carbocycles. The summed E-state index contributed by atoms with van der Waals surface area (Å²) in [6.07, 6.45) is 6.87. The van der Waals surface area contributed by atoms with Gasteiger partial charge in [-0.3, -0.25) is 4.79 Å². The number of piperidine rings is 1. The first-order valence-corrected chi connectivity index (χ1v) is 7.05. The highest BCUT2D eigenvalue weighted by Crippen LogP contribution is 2.41. The van der Waals surface area contributed by atoms with E-state index in [0.29, 0.717) is 5.91 Å². The van der Waals surface area contributed by atoms with Crippen LogP contribution in [0.5, 0.6) is 0 Å². The molecule has 2 N–H and O–H groups in total. The van der Waals surface area contributed by atoms with Crippen LogP contribution in [0.4, 0.5) is 0 Å². The molecule has 2 atom stereocenters. The van der Waals surface area contributed by atoms with Crippen molar-refractivity contribution in [3.05, 3.63) is 0 Å². The molecule has 0 radical (unpaired) electrons. The zero-order valence-electron chi connectivity index (χ0n) is 11.2. The first kappa shape index (κ1) is 12.9. The number of likely N-dealkylation sites (tertiary alicyclic amines) is 1. The van der Waals surface area contributed by atoms with Crippen LogP contribution >= 0.6 is 0 Å². The fourth-order valence-electron chi connectivity index (χ4n) is 3.38. The molecule has 0 aromatic heterocycles. The molecule has 98 valence electrons. The Balaban J connectivity index is 2.02. The predicted molar refractivity (Wildman–Crippen MR) is 69.5 cm³/mol. The quantitative estimate of drug-likeness (QED) is 0.761. The molecule has 0 aromatic rings. The van der Waals surface area contributed by atoms with Crippen LogP contribution in [-0.2, 0) is 4.79 Å². The van der Waals surface area contributed by atoms with Gasteiger partial charge in [0.1, 0.15) is 0 Å². The summed E-state index contributed by atoms with van der Waals surface area (Å²) in [4.78, 5) is 14.6. The van der Waals surface area contributed by atoms with Crippen LogP contribution in [0.25, 0.3) is 0 Å². The van der Waals surface area contributed by atoms with Gasteiger partial charge in [0.05, 0.1) is 0 Å². The van der Waals surface area contributed by atoms with Crippen molar-refractivity contribution in [3.63, 3.8) is 0 Å². The summed E-state index contributed by atoms with van der Waals surface area (Å²) >= 11 is 0. The smallest absolute Gasteiger partial charge is 0.226 e. The number of carbonyl (C=O) groups is 1. The van der Waals surface area contributed by atoms with Crippen LogP contribution in [0.1, 0.15) is 52.4 Å². The molecule has 1 aliphatic carbocycles. The molecule has 1 unspecified atom stereocenters. The number of amides is 1. The summed E-state index contributed by atoms with van der Waals surface area (Å²) in [6, 6.07) is 0.194. The zero-order chi connectivity index (χ0) is 12.5. The third-order valence-electron chi connectivity index (χ3n) is 4.57. The van der Waals surface area contributed by atoms with Gasteiger partial charge in [-0.15, -0.1) is 0 Å². The Morgan fingerprint density at radius 2 is 2.00 bits per heavy atom. The fourth-order valence-corrected chi connectivity index (χ4v) is 3.38. The Bertz CT molecular complexity index is 288. The predicted octanol–water partition coefficient (Wildman–Crippen LogP) is 2.15. The Morgan fingerprint density at radius 3 is 2.65 bits per heavy atom. The lowest BCUT2D eigenvalue weighted by Crippen LogP contribution is -2.50. The second-order valence-electron chi connectivity index (χ2n) is 6.47. The molecule has 0 aromatic carbocycles. The lowest BCUT2D eigenvalue weighted by atomic mass is 9.68. The minimum atomic E-state index is 0.177. The molecule has 0 spiro atoms. The Labute approximate surface area is 105 Å². The average molecular weight is 238 g/mol. The molecule has 3 heteroatoms. The number of nitrogens with two attached hydrogens (primary N) is 1. The summed E-state index contributed by atoms with van der Waals surface area (Å²) in [5, 5.41) is 0. The second-order valence-corrected chi connectivity index (χ2v) is 6.47. The highest BCUT2D eigenvalue weighted by molar-refractivity contribution is 5.80. The van der Waals surface area contributed by atoms with E-state index in [1.807, 2.05) is 4.90 Å². The van der Waals surface area contributed by atoms with Gasteiger partial charge in [0.15, 0.2) is 0 Å². The molecular weight excluding hydrogens is 212 g/mol. The van der Waals surface area contributed by atoms with Crippen LogP contribution < -0.4 is 5.73 Å². The van der Waals surface area contributed by atoms with Crippen molar-refractivity contribution in [2.24, 2.45) is 17.1 Å². The first-order chi connectivity index (χ1) is 8.00. The Morgan fingerprint density at radius 1 is 1.24 bits per heavy atom. The first-order valence-electron chi connectivity index (χ1n) is 7.05. The molecule has 1 heterocycles. The highest BCUT2D eigenvalue weighted by Gasteiger charge is 2.39. The van der Waals surface area contributed by atoms with Gasteiger partial charge in [-0.25, -0.2) is 0 Å². The van der Waals surface area contributed by atoms with Gasteiger partial charge in [-0.1, -0.05) is 26.7 Å². The lowest BCUT2D eigenvalue weighted by molar-refractivity contribution is -0.142. The molecule has 1 saturated heterocycles. The second kappa shape index (κ2) is 4.97. The van der Waals surface area contributed by atoms with Crippen LogP contribution in [-0.4, -0.2) is 29.9 Å². The fraction of sp³-hybridized carbons (Fsp3) is 0.929. The zero-order valence-corrected chi connectivity index (χ0v) is 11.2. The highest BCUT2D eigenvalue weighted by atomic mass is 16.2. The van der Waals surface area contributed by atoms with Gasteiger partial charge in [0.25, 0.3) is 0 Å².